The van der Waals surface area contributed by atoms with Crippen molar-refractivity contribution in [3.63, 3.8) is 0 Å². The van der Waals surface area contributed by atoms with Crippen LogP contribution in [0.25, 0.3) is 0 Å². The highest BCUT2D eigenvalue weighted by Gasteiger charge is 2.56. The highest BCUT2D eigenvalue weighted by atomic mass is 15.3. The van der Waals surface area contributed by atoms with Crippen LogP contribution in [0.15, 0.2) is 0 Å². The fourth-order valence-corrected chi connectivity index (χ4v) is 3.09. The van der Waals surface area contributed by atoms with E-state index in [2.05, 4.69) is 46.4 Å². The minimum absolute atomic E-state index is 0.387. The minimum Gasteiger partial charge on any atom is -0.297 e. The highest BCUT2D eigenvalue weighted by molar-refractivity contribution is 5.08. The van der Waals surface area contributed by atoms with Crippen molar-refractivity contribution in [1.29, 1.82) is 0 Å². The Morgan fingerprint density at radius 1 is 0.933 bits per heavy atom. The second-order valence-corrected chi connectivity index (χ2v) is 8.00. The van der Waals surface area contributed by atoms with Gasteiger partial charge in [-0.15, -0.1) is 0 Å². The third-order valence-corrected chi connectivity index (χ3v) is 4.58. The maximum Gasteiger partial charge on any atom is 0.0125 e. The molecule has 0 aromatic rings. The molecule has 1 saturated carbocycles. The van der Waals surface area contributed by atoms with E-state index in [1.807, 2.05) is 0 Å². The molecule has 15 heavy (non-hydrogen) atoms. The maximum atomic E-state index is 2.63. The van der Waals surface area contributed by atoms with Crippen LogP contribution in [0.2, 0.25) is 0 Å². The lowest BCUT2D eigenvalue weighted by molar-refractivity contribution is -0.150. The Kier molecular flexibility index (Phi) is 2.29. The smallest absolute Gasteiger partial charge is 0.0125 e. The molecule has 0 unspecified atom stereocenters. The van der Waals surface area contributed by atoms with E-state index >= 15 is 0 Å². The molecule has 0 N–H and O–H groups in total. The molecule has 0 radical (unpaired) electrons. The van der Waals surface area contributed by atoms with E-state index in [4.69, 9.17) is 0 Å². The van der Waals surface area contributed by atoms with Crippen molar-refractivity contribution < 1.29 is 0 Å². The van der Waals surface area contributed by atoms with E-state index in [9.17, 15) is 0 Å². The lowest BCUT2D eigenvalue weighted by atomic mass is 9.51. The molecule has 0 aromatic carbocycles. The molecular formula is C14H27N. The average molecular weight is 209 g/mol. The summed E-state index contributed by atoms with van der Waals surface area (Å²) < 4.78 is 0. The normalized spacial score (nSPS) is 27.6. The summed E-state index contributed by atoms with van der Waals surface area (Å²) >= 11 is 0. The number of nitrogens with zero attached hydrogens (tertiary/aromatic N) is 1. The van der Waals surface area contributed by atoms with Gasteiger partial charge in [-0.2, -0.15) is 0 Å². The van der Waals surface area contributed by atoms with Crippen LogP contribution >= 0.6 is 0 Å². The van der Waals surface area contributed by atoms with Crippen LogP contribution < -0.4 is 0 Å². The van der Waals surface area contributed by atoms with Crippen molar-refractivity contribution in [3.05, 3.63) is 0 Å². The summed E-state index contributed by atoms with van der Waals surface area (Å²) in [6.07, 6.45) is 2.95. The second-order valence-electron chi connectivity index (χ2n) is 8.00. The quantitative estimate of drug-likeness (QED) is 0.590. The number of rotatable bonds is 0. The molecular weight excluding hydrogens is 182 g/mol. The molecule has 1 aliphatic heterocycles. The average Bonchev–Trinajstić information content (AvgIpc) is 1.71. The SMILES string of the molecule is CC(C)(C)C1CC2(C1)CN(C(C)(C)C)C2. The number of hydrogen-bond donors (Lipinski definition) is 0. The van der Waals surface area contributed by atoms with Crippen LogP contribution in [-0.2, 0) is 0 Å². The maximum absolute atomic E-state index is 2.63. The Labute approximate surface area is 95.2 Å². The summed E-state index contributed by atoms with van der Waals surface area (Å²) in [5.74, 6) is 0.972. The Balaban J connectivity index is 1.83. The Morgan fingerprint density at radius 3 is 1.73 bits per heavy atom. The third-order valence-electron chi connectivity index (χ3n) is 4.58. The van der Waals surface area contributed by atoms with Crippen LogP contribution in [0.4, 0.5) is 0 Å². The van der Waals surface area contributed by atoms with Crippen molar-refractivity contribution in [2.24, 2.45) is 16.7 Å². The summed E-state index contributed by atoms with van der Waals surface area (Å²) in [4.78, 5) is 2.63. The van der Waals surface area contributed by atoms with E-state index in [1.165, 1.54) is 25.9 Å². The van der Waals surface area contributed by atoms with Crippen LogP contribution in [0.1, 0.15) is 54.4 Å². The first-order valence-corrected chi connectivity index (χ1v) is 6.38. The van der Waals surface area contributed by atoms with Gasteiger partial charge in [0.25, 0.3) is 0 Å². The van der Waals surface area contributed by atoms with Gasteiger partial charge in [0.2, 0.25) is 0 Å². The van der Waals surface area contributed by atoms with Crippen molar-refractivity contribution >= 4 is 0 Å². The second kappa shape index (κ2) is 3.00. The monoisotopic (exact) mass is 209 g/mol. The first-order chi connectivity index (χ1) is 6.62. The molecule has 2 aliphatic rings. The van der Waals surface area contributed by atoms with Gasteiger partial charge < -0.3 is 0 Å². The molecule has 1 aliphatic carbocycles. The van der Waals surface area contributed by atoms with Crippen molar-refractivity contribution in [2.75, 3.05) is 13.1 Å². The number of hydrogen-bond acceptors (Lipinski definition) is 1. The third kappa shape index (κ3) is 1.95. The Bertz CT molecular complexity index is 210. The molecule has 0 atom stereocenters. The van der Waals surface area contributed by atoms with Gasteiger partial charge in [-0.1, -0.05) is 20.8 Å². The van der Waals surface area contributed by atoms with Gasteiger partial charge in [0.1, 0.15) is 0 Å². The van der Waals surface area contributed by atoms with Gasteiger partial charge in [-0.05, 0) is 50.4 Å². The van der Waals surface area contributed by atoms with Crippen LogP contribution in [0.5, 0.6) is 0 Å². The molecule has 88 valence electrons. The summed E-state index contributed by atoms with van der Waals surface area (Å²) in [7, 11) is 0. The summed E-state index contributed by atoms with van der Waals surface area (Å²) in [5.41, 5.74) is 1.65. The molecule has 1 spiro atoms. The predicted molar refractivity (Wildman–Crippen MR) is 65.9 cm³/mol. The summed E-state index contributed by atoms with van der Waals surface area (Å²) in [5, 5.41) is 0. The van der Waals surface area contributed by atoms with Gasteiger partial charge in [-0.3, -0.25) is 4.90 Å². The van der Waals surface area contributed by atoms with E-state index in [-0.39, 0.29) is 0 Å². The lowest BCUT2D eigenvalue weighted by Gasteiger charge is -2.65. The van der Waals surface area contributed by atoms with E-state index < -0.39 is 0 Å². The molecule has 0 amide bonds. The topological polar surface area (TPSA) is 3.24 Å². The van der Waals surface area contributed by atoms with Crippen LogP contribution in [0.3, 0.4) is 0 Å². The van der Waals surface area contributed by atoms with E-state index in [0.717, 1.165) is 11.3 Å². The van der Waals surface area contributed by atoms with E-state index in [1.54, 1.807) is 0 Å². The zero-order valence-corrected chi connectivity index (χ0v) is 11.4. The molecule has 2 fully saturated rings. The fraction of sp³-hybridized carbons (Fsp3) is 1.00. The van der Waals surface area contributed by atoms with Crippen molar-refractivity contribution in [3.8, 4) is 0 Å². The van der Waals surface area contributed by atoms with Crippen molar-refractivity contribution in [2.45, 2.75) is 59.9 Å². The molecule has 1 heteroatoms. The van der Waals surface area contributed by atoms with Gasteiger partial charge >= 0.3 is 0 Å². The highest BCUT2D eigenvalue weighted by Crippen LogP contribution is 2.58. The Morgan fingerprint density at radius 2 is 1.40 bits per heavy atom. The molecule has 1 nitrogen and oxygen atoms in total. The van der Waals surface area contributed by atoms with Crippen molar-refractivity contribution in [1.82, 2.24) is 4.90 Å². The predicted octanol–water partition coefficient (Wildman–Crippen LogP) is 3.54. The zero-order valence-electron chi connectivity index (χ0n) is 11.4. The zero-order chi connectivity index (χ0) is 11.5. The largest absolute Gasteiger partial charge is 0.297 e. The summed E-state index contributed by atoms with van der Waals surface area (Å²) in [6.45, 7) is 16.9. The summed E-state index contributed by atoms with van der Waals surface area (Å²) in [6, 6.07) is 0. The van der Waals surface area contributed by atoms with Gasteiger partial charge in [0, 0.05) is 18.6 Å². The van der Waals surface area contributed by atoms with Gasteiger partial charge in [-0.25, -0.2) is 0 Å². The molecule has 2 rings (SSSR count). The first-order valence-electron chi connectivity index (χ1n) is 6.38. The first kappa shape index (κ1) is 11.4. The Hall–Kier alpha value is -0.0400. The van der Waals surface area contributed by atoms with E-state index in [0.29, 0.717) is 11.0 Å². The standard InChI is InChI=1S/C14H27N/c1-12(2,3)11-7-14(8-11)9-15(10-14)13(4,5)6/h11H,7-10H2,1-6H3. The van der Waals surface area contributed by atoms with Gasteiger partial charge in [0.05, 0.1) is 0 Å². The van der Waals surface area contributed by atoms with Gasteiger partial charge in [0.15, 0.2) is 0 Å². The molecule has 1 heterocycles. The molecule has 0 aromatic heterocycles. The van der Waals surface area contributed by atoms with Crippen LogP contribution in [-0.4, -0.2) is 23.5 Å². The molecule has 0 bridgehead atoms. The number of likely N-dealkylation sites (tertiary alicyclic amines) is 1. The molecule has 1 saturated heterocycles. The lowest BCUT2D eigenvalue weighted by Crippen LogP contribution is -2.67. The minimum atomic E-state index is 0.387. The van der Waals surface area contributed by atoms with Crippen LogP contribution in [0, 0.1) is 16.7 Å². The fourth-order valence-electron chi connectivity index (χ4n) is 3.09.